The number of carboxylic acids is 1. The Labute approximate surface area is 174 Å². The van der Waals surface area contributed by atoms with E-state index in [1.807, 2.05) is 60.0 Å². The Balaban J connectivity index is 1.77. The Bertz CT molecular complexity index is 970. The third kappa shape index (κ3) is 4.99. The van der Waals surface area contributed by atoms with Crippen LogP contribution >= 0.6 is 11.8 Å². The first kappa shape index (κ1) is 21.0. The van der Waals surface area contributed by atoms with Gasteiger partial charge in [0.2, 0.25) is 0 Å². The molecule has 0 spiro atoms. The summed E-state index contributed by atoms with van der Waals surface area (Å²) in [6, 6.07) is 14.3. The van der Waals surface area contributed by atoms with Gasteiger partial charge in [0.1, 0.15) is 0 Å². The molecule has 6 nitrogen and oxygen atoms in total. The summed E-state index contributed by atoms with van der Waals surface area (Å²) in [5.74, 6) is -0.0177. The van der Waals surface area contributed by atoms with Crippen LogP contribution in [0.3, 0.4) is 0 Å². The molecule has 0 radical (unpaired) electrons. The Kier molecular flexibility index (Phi) is 6.95. The van der Waals surface area contributed by atoms with Crippen LogP contribution in [0, 0.1) is 6.92 Å². The summed E-state index contributed by atoms with van der Waals surface area (Å²) in [6.45, 7) is 4.51. The third-order valence-electron chi connectivity index (χ3n) is 4.69. The Morgan fingerprint density at radius 2 is 1.93 bits per heavy atom. The van der Waals surface area contributed by atoms with Crippen LogP contribution in [-0.4, -0.2) is 31.5 Å². The highest BCUT2D eigenvalue weighted by Crippen LogP contribution is 2.24. The summed E-state index contributed by atoms with van der Waals surface area (Å²) in [5, 5.41) is 23.2. The minimum absolute atomic E-state index is 0.0619. The molecular weight excluding hydrogens is 386 g/mol. The quantitative estimate of drug-likeness (QED) is 0.460. The molecule has 1 atom stereocenters. The predicted molar refractivity (Wildman–Crippen MR) is 115 cm³/mol. The van der Waals surface area contributed by atoms with Crippen LogP contribution in [0.25, 0.3) is 0 Å². The SMILES string of the molecule is CCSc1ncc(CO)n1Cc1ccc(NC(C(=O)O)c2ccccc2C)cc1. The van der Waals surface area contributed by atoms with Crippen molar-refractivity contribution in [3.63, 3.8) is 0 Å². The van der Waals surface area contributed by atoms with Crippen LogP contribution < -0.4 is 5.32 Å². The fourth-order valence-corrected chi connectivity index (χ4v) is 3.89. The van der Waals surface area contributed by atoms with Crippen molar-refractivity contribution in [3.05, 3.63) is 77.1 Å². The van der Waals surface area contributed by atoms with Gasteiger partial charge in [-0.05, 0) is 41.5 Å². The maximum absolute atomic E-state index is 11.8. The number of aryl methyl sites for hydroxylation is 1. The molecule has 2 aromatic carbocycles. The molecule has 3 N–H and O–H groups in total. The second-order valence-electron chi connectivity index (χ2n) is 6.68. The number of carbonyl (C=O) groups is 1. The van der Waals surface area contributed by atoms with Crippen molar-refractivity contribution in [3.8, 4) is 0 Å². The van der Waals surface area contributed by atoms with Crippen LogP contribution in [0.5, 0.6) is 0 Å². The molecule has 0 aliphatic heterocycles. The smallest absolute Gasteiger partial charge is 0.330 e. The van der Waals surface area contributed by atoms with Gasteiger partial charge in [0.25, 0.3) is 0 Å². The Morgan fingerprint density at radius 1 is 1.21 bits per heavy atom. The molecule has 0 bridgehead atoms. The lowest BCUT2D eigenvalue weighted by Gasteiger charge is -2.18. The maximum Gasteiger partial charge on any atom is 0.330 e. The van der Waals surface area contributed by atoms with E-state index in [0.717, 1.165) is 39.0 Å². The normalized spacial score (nSPS) is 12.0. The van der Waals surface area contributed by atoms with Crippen molar-refractivity contribution in [2.75, 3.05) is 11.1 Å². The van der Waals surface area contributed by atoms with Crippen LogP contribution in [0.15, 0.2) is 59.9 Å². The second-order valence-corrected chi connectivity index (χ2v) is 7.91. The molecule has 1 heterocycles. The number of aliphatic hydroxyl groups excluding tert-OH is 1. The number of imidazole rings is 1. The maximum atomic E-state index is 11.8. The van der Waals surface area contributed by atoms with E-state index in [1.165, 1.54) is 0 Å². The zero-order valence-corrected chi connectivity index (χ0v) is 17.3. The molecule has 29 heavy (non-hydrogen) atoms. The second kappa shape index (κ2) is 9.62. The van der Waals surface area contributed by atoms with Crippen molar-refractivity contribution in [1.29, 1.82) is 0 Å². The molecule has 3 aromatic rings. The molecule has 0 saturated carbocycles. The third-order valence-corrected chi connectivity index (χ3v) is 5.56. The number of aliphatic hydroxyl groups is 1. The van der Waals surface area contributed by atoms with Crippen molar-refractivity contribution in [2.24, 2.45) is 0 Å². The zero-order valence-electron chi connectivity index (χ0n) is 16.5. The van der Waals surface area contributed by atoms with Crippen molar-refractivity contribution in [1.82, 2.24) is 9.55 Å². The van der Waals surface area contributed by atoms with Gasteiger partial charge in [-0.25, -0.2) is 9.78 Å². The number of thioether (sulfide) groups is 1. The molecule has 0 aliphatic carbocycles. The van der Waals surface area contributed by atoms with E-state index in [-0.39, 0.29) is 6.61 Å². The van der Waals surface area contributed by atoms with E-state index in [2.05, 4.69) is 17.2 Å². The van der Waals surface area contributed by atoms with Gasteiger partial charge >= 0.3 is 5.97 Å². The summed E-state index contributed by atoms with van der Waals surface area (Å²) in [5.41, 5.74) is 4.23. The molecule has 3 rings (SSSR count). The standard InChI is InChI=1S/C22H25N3O3S/c1-3-29-22-23-12-18(14-26)25(22)13-16-8-10-17(11-9-16)24-20(21(27)28)19-7-5-4-6-15(19)2/h4-12,20,24,26H,3,13-14H2,1-2H3,(H,27,28). The highest BCUT2D eigenvalue weighted by Gasteiger charge is 2.21. The number of benzene rings is 2. The molecule has 0 amide bonds. The highest BCUT2D eigenvalue weighted by atomic mass is 32.2. The van der Waals surface area contributed by atoms with Crippen molar-refractivity contribution in [2.45, 2.75) is 38.2 Å². The highest BCUT2D eigenvalue weighted by molar-refractivity contribution is 7.99. The molecule has 152 valence electrons. The molecule has 0 saturated heterocycles. The first-order valence-corrected chi connectivity index (χ1v) is 10.4. The first-order chi connectivity index (χ1) is 14.0. The molecule has 7 heteroatoms. The van der Waals surface area contributed by atoms with E-state index < -0.39 is 12.0 Å². The first-order valence-electron chi connectivity index (χ1n) is 9.45. The van der Waals surface area contributed by atoms with Crippen molar-refractivity contribution >= 4 is 23.4 Å². The summed E-state index contributed by atoms with van der Waals surface area (Å²) in [7, 11) is 0. The van der Waals surface area contributed by atoms with Gasteiger partial charge in [-0.3, -0.25) is 0 Å². The number of aliphatic carboxylic acids is 1. The fraction of sp³-hybridized carbons (Fsp3) is 0.273. The Morgan fingerprint density at radius 3 is 2.55 bits per heavy atom. The van der Waals surface area contributed by atoms with Crippen LogP contribution in [0.4, 0.5) is 5.69 Å². The van der Waals surface area contributed by atoms with Gasteiger partial charge in [-0.15, -0.1) is 0 Å². The van der Waals surface area contributed by atoms with E-state index in [4.69, 9.17) is 0 Å². The van der Waals surface area contributed by atoms with Gasteiger partial charge in [-0.1, -0.05) is 55.1 Å². The predicted octanol–water partition coefficient (Wildman–Crippen LogP) is 4.08. The number of aromatic nitrogens is 2. The van der Waals surface area contributed by atoms with E-state index >= 15 is 0 Å². The number of nitrogens with one attached hydrogen (secondary N) is 1. The summed E-state index contributed by atoms with van der Waals surface area (Å²) < 4.78 is 2.00. The monoisotopic (exact) mass is 411 g/mol. The van der Waals surface area contributed by atoms with Gasteiger partial charge in [0.05, 0.1) is 18.5 Å². The number of anilines is 1. The van der Waals surface area contributed by atoms with Crippen LogP contribution in [-0.2, 0) is 17.9 Å². The Hall–Kier alpha value is -2.77. The molecule has 1 unspecified atom stereocenters. The summed E-state index contributed by atoms with van der Waals surface area (Å²) in [6.07, 6.45) is 1.70. The van der Waals surface area contributed by atoms with E-state index in [9.17, 15) is 15.0 Å². The molecule has 1 aromatic heterocycles. The van der Waals surface area contributed by atoms with E-state index in [0.29, 0.717) is 6.54 Å². The largest absolute Gasteiger partial charge is 0.479 e. The van der Waals surface area contributed by atoms with Crippen LogP contribution in [0.2, 0.25) is 0 Å². The zero-order chi connectivity index (χ0) is 20.8. The summed E-state index contributed by atoms with van der Waals surface area (Å²) in [4.78, 5) is 16.2. The average Bonchev–Trinajstić information content (AvgIpc) is 3.09. The topological polar surface area (TPSA) is 87.4 Å². The lowest BCUT2D eigenvalue weighted by atomic mass is 10.0. The number of rotatable bonds is 9. The number of nitrogens with zero attached hydrogens (tertiary/aromatic N) is 2. The van der Waals surface area contributed by atoms with Gasteiger partial charge in [0.15, 0.2) is 11.2 Å². The molecule has 0 aliphatic rings. The van der Waals surface area contributed by atoms with Gasteiger partial charge < -0.3 is 20.1 Å². The summed E-state index contributed by atoms with van der Waals surface area (Å²) >= 11 is 1.63. The minimum atomic E-state index is -0.921. The number of carboxylic acid groups (broad SMARTS) is 1. The lowest BCUT2D eigenvalue weighted by Crippen LogP contribution is -2.21. The van der Waals surface area contributed by atoms with Crippen LogP contribution in [0.1, 0.15) is 35.3 Å². The van der Waals surface area contributed by atoms with Crippen molar-refractivity contribution < 1.29 is 15.0 Å². The number of hydrogen-bond donors (Lipinski definition) is 3. The minimum Gasteiger partial charge on any atom is -0.479 e. The lowest BCUT2D eigenvalue weighted by molar-refractivity contribution is -0.138. The average molecular weight is 412 g/mol. The fourth-order valence-electron chi connectivity index (χ4n) is 3.17. The van der Waals surface area contributed by atoms with E-state index in [1.54, 1.807) is 18.0 Å². The molecular formula is C22H25N3O3S. The molecule has 0 fully saturated rings. The number of hydrogen-bond acceptors (Lipinski definition) is 5. The van der Waals surface area contributed by atoms with Gasteiger partial charge in [-0.2, -0.15) is 0 Å². The van der Waals surface area contributed by atoms with Gasteiger partial charge in [0, 0.05) is 12.2 Å².